The number of carbonyl (C=O) groups is 2. The first-order chi connectivity index (χ1) is 15.1. The highest BCUT2D eigenvalue weighted by Gasteiger charge is 2.33. The van der Waals surface area contributed by atoms with Crippen molar-refractivity contribution in [3.63, 3.8) is 0 Å². The van der Waals surface area contributed by atoms with Gasteiger partial charge in [0.05, 0.1) is 6.04 Å². The third kappa shape index (κ3) is 4.65. The monoisotopic (exact) mass is 494 g/mol. The molecule has 4 rings (SSSR count). The summed E-state index contributed by atoms with van der Waals surface area (Å²) in [5.41, 5.74) is 2.83. The van der Waals surface area contributed by atoms with Gasteiger partial charge in [0.25, 0.3) is 5.91 Å². The van der Waals surface area contributed by atoms with Crippen LogP contribution in [0.1, 0.15) is 32.4 Å². The number of rotatable bonds is 6. The SMILES string of the molecule is C=CCN(CC(=O)N1CCc2sccc2C1c1ccccc1)C(=O)c1ccc(Br)cc1. The van der Waals surface area contributed by atoms with Crippen molar-refractivity contribution in [2.24, 2.45) is 0 Å². The van der Waals surface area contributed by atoms with E-state index in [1.54, 1.807) is 34.4 Å². The molecule has 3 aromatic rings. The standard InChI is InChI=1S/C25H23BrN2O2S/c1-2-14-27(25(30)19-8-10-20(26)11-9-19)17-23(29)28-15-12-22-21(13-16-31-22)24(28)18-6-4-3-5-7-18/h2-11,13,16,24H,1,12,14-15,17H2. The van der Waals surface area contributed by atoms with Gasteiger partial charge in [-0.2, -0.15) is 0 Å². The number of thiophene rings is 1. The van der Waals surface area contributed by atoms with E-state index in [4.69, 9.17) is 0 Å². The Bertz CT molecular complexity index is 1080. The number of halogens is 1. The summed E-state index contributed by atoms with van der Waals surface area (Å²) in [6.45, 7) is 4.74. The third-order valence-electron chi connectivity index (χ3n) is 5.46. The highest BCUT2D eigenvalue weighted by Crippen LogP contribution is 2.37. The zero-order valence-electron chi connectivity index (χ0n) is 17.0. The first kappa shape index (κ1) is 21.5. The van der Waals surface area contributed by atoms with E-state index < -0.39 is 0 Å². The molecule has 6 heteroatoms. The fraction of sp³-hybridized carbons (Fsp3) is 0.200. The molecule has 1 aliphatic rings. The van der Waals surface area contributed by atoms with E-state index in [2.05, 4.69) is 46.1 Å². The predicted octanol–water partition coefficient (Wildman–Crippen LogP) is 5.31. The van der Waals surface area contributed by atoms with Crippen LogP contribution in [0.2, 0.25) is 0 Å². The van der Waals surface area contributed by atoms with Crippen molar-refractivity contribution in [1.82, 2.24) is 9.80 Å². The molecule has 2 amide bonds. The number of hydrogen-bond donors (Lipinski definition) is 0. The molecule has 0 bridgehead atoms. The maximum Gasteiger partial charge on any atom is 0.254 e. The molecule has 158 valence electrons. The van der Waals surface area contributed by atoms with E-state index in [0.717, 1.165) is 16.5 Å². The van der Waals surface area contributed by atoms with Gasteiger partial charge in [0.2, 0.25) is 5.91 Å². The second-order valence-electron chi connectivity index (χ2n) is 7.43. The summed E-state index contributed by atoms with van der Waals surface area (Å²) < 4.78 is 0.904. The highest BCUT2D eigenvalue weighted by atomic mass is 79.9. The minimum Gasteiger partial charge on any atom is -0.330 e. The maximum atomic E-state index is 13.5. The van der Waals surface area contributed by atoms with Crippen LogP contribution in [-0.2, 0) is 11.2 Å². The summed E-state index contributed by atoms with van der Waals surface area (Å²) in [5, 5.41) is 2.09. The number of hydrogen-bond acceptors (Lipinski definition) is 3. The van der Waals surface area contributed by atoms with Gasteiger partial charge in [-0.15, -0.1) is 17.9 Å². The van der Waals surface area contributed by atoms with Gasteiger partial charge in [0.1, 0.15) is 6.54 Å². The van der Waals surface area contributed by atoms with Crippen molar-refractivity contribution >= 4 is 39.1 Å². The summed E-state index contributed by atoms with van der Waals surface area (Å²) in [4.78, 5) is 31.3. The number of nitrogens with zero attached hydrogens (tertiary/aromatic N) is 2. The molecule has 1 atom stereocenters. The van der Waals surface area contributed by atoms with Crippen molar-refractivity contribution in [2.75, 3.05) is 19.6 Å². The van der Waals surface area contributed by atoms with Crippen LogP contribution < -0.4 is 0 Å². The molecule has 1 unspecified atom stereocenters. The van der Waals surface area contributed by atoms with Crippen molar-refractivity contribution in [3.05, 3.63) is 105 Å². The van der Waals surface area contributed by atoms with Gasteiger partial charge in [0.15, 0.2) is 0 Å². The Morgan fingerprint density at radius 3 is 2.58 bits per heavy atom. The minimum atomic E-state index is -0.176. The number of benzene rings is 2. The molecule has 0 spiro atoms. The largest absolute Gasteiger partial charge is 0.330 e. The van der Waals surface area contributed by atoms with Gasteiger partial charge < -0.3 is 9.80 Å². The van der Waals surface area contributed by atoms with E-state index >= 15 is 0 Å². The molecule has 2 aromatic carbocycles. The van der Waals surface area contributed by atoms with Gasteiger partial charge in [0, 0.05) is 28.0 Å². The first-order valence-corrected chi connectivity index (χ1v) is 11.8. The van der Waals surface area contributed by atoms with Crippen LogP contribution in [0.15, 0.2) is 83.2 Å². The summed E-state index contributed by atoms with van der Waals surface area (Å²) >= 11 is 5.14. The van der Waals surface area contributed by atoms with Crippen molar-refractivity contribution in [3.8, 4) is 0 Å². The van der Waals surface area contributed by atoms with Crippen LogP contribution in [0.3, 0.4) is 0 Å². The fourth-order valence-corrected chi connectivity index (χ4v) is 5.15. The Kier molecular flexibility index (Phi) is 6.68. The Balaban J connectivity index is 1.60. The Hall–Kier alpha value is -2.70. The summed E-state index contributed by atoms with van der Waals surface area (Å²) in [5.74, 6) is -0.233. The lowest BCUT2D eigenvalue weighted by molar-refractivity contribution is -0.133. The first-order valence-electron chi connectivity index (χ1n) is 10.1. The van der Waals surface area contributed by atoms with E-state index in [-0.39, 0.29) is 24.4 Å². The predicted molar refractivity (Wildman–Crippen MR) is 128 cm³/mol. The lowest BCUT2D eigenvalue weighted by Crippen LogP contribution is -2.46. The molecule has 1 aromatic heterocycles. The molecule has 0 aliphatic carbocycles. The average molecular weight is 495 g/mol. The van der Waals surface area contributed by atoms with Crippen LogP contribution in [-0.4, -0.2) is 41.2 Å². The molecule has 0 saturated heterocycles. The molecule has 4 nitrogen and oxygen atoms in total. The van der Waals surface area contributed by atoms with E-state index in [1.807, 2.05) is 35.2 Å². The topological polar surface area (TPSA) is 40.6 Å². The van der Waals surface area contributed by atoms with Crippen LogP contribution >= 0.6 is 27.3 Å². The van der Waals surface area contributed by atoms with Gasteiger partial charge in [-0.25, -0.2) is 0 Å². The maximum absolute atomic E-state index is 13.5. The Morgan fingerprint density at radius 1 is 1.13 bits per heavy atom. The lowest BCUT2D eigenvalue weighted by atomic mass is 9.93. The highest BCUT2D eigenvalue weighted by molar-refractivity contribution is 9.10. The summed E-state index contributed by atoms with van der Waals surface area (Å²) in [6.07, 6.45) is 2.50. The molecule has 0 radical (unpaired) electrons. The molecular formula is C25H23BrN2O2S. The molecule has 0 saturated carbocycles. The lowest BCUT2D eigenvalue weighted by Gasteiger charge is -2.37. The summed E-state index contributed by atoms with van der Waals surface area (Å²) in [7, 11) is 0. The minimum absolute atomic E-state index is 0.0176. The number of carbonyl (C=O) groups excluding carboxylic acids is 2. The van der Waals surface area contributed by atoms with Crippen LogP contribution in [0.4, 0.5) is 0 Å². The molecule has 1 aliphatic heterocycles. The van der Waals surface area contributed by atoms with Crippen molar-refractivity contribution in [2.45, 2.75) is 12.5 Å². The number of amides is 2. The van der Waals surface area contributed by atoms with E-state index in [1.165, 1.54) is 10.4 Å². The molecule has 0 fully saturated rings. The van der Waals surface area contributed by atoms with Gasteiger partial charge in [-0.05, 0) is 53.3 Å². The number of fused-ring (bicyclic) bond motifs is 1. The van der Waals surface area contributed by atoms with Gasteiger partial charge in [-0.3, -0.25) is 9.59 Å². The molecule has 31 heavy (non-hydrogen) atoms. The quantitative estimate of drug-likeness (QED) is 0.435. The average Bonchev–Trinajstić information content (AvgIpc) is 3.27. The van der Waals surface area contributed by atoms with Crippen molar-refractivity contribution < 1.29 is 9.59 Å². The normalized spacial score (nSPS) is 15.3. The van der Waals surface area contributed by atoms with Gasteiger partial charge in [-0.1, -0.05) is 52.3 Å². The molecule has 2 heterocycles. The second-order valence-corrected chi connectivity index (χ2v) is 9.35. The summed E-state index contributed by atoms with van der Waals surface area (Å²) in [6, 6.07) is 19.3. The van der Waals surface area contributed by atoms with Crippen LogP contribution in [0, 0.1) is 0 Å². The Morgan fingerprint density at radius 2 is 1.87 bits per heavy atom. The molecule has 0 N–H and O–H groups in total. The van der Waals surface area contributed by atoms with Crippen LogP contribution in [0.5, 0.6) is 0 Å². The fourth-order valence-electron chi connectivity index (χ4n) is 3.98. The zero-order chi connectivity index (χ0) is 21.8. The van der Waals surface area contributed by atoms with Crippen LogP contribution in [0.25, 0.3) is 0 Å². The zero-order valence-corrected chi connectivity index (χ0v) is 19.4. The van der Waals surface area contributed by atoms with Gasteiger partial charge >= 0.3 is 0 Å². The smallest absolute Gasteiger partial charge is 0.254 e. The van der Waals surface area contributed by atoms with E-state index in [9.17, 15) is 9.59 Å². The third-order valence-corrected chi connectivity index (χ3v) is 6.98. The second kappa shape index (κ2) is 9.62. The molecular weight excluding hydrogens is 472 g/mol. The van der Waals surface area contributed by atoms with Crippen molar-refractivity contribution in [1.29, 1.82) is 0 Å². The van der Waals surface area contributed by atoms with E-state index in [0.29, 0.717) is 18.7 Å². The Labute approximate surface area is 194 Å².